The van der Waals surface area contributed by atoms with Crippen LogP contribution in [0.5, 0.6) is 5.75 Å². The number of nitrogens with one attached hydrogen (secondary N) is 2. The van der Waals surface area contributed by atoms with Crippen molar-refractivity contribution in [1.29, 1.82) is 0 Å². The number of rotatable bonds is 9. The van der Waals surface area contributed by atoms with Crippen LogP contribution in [0.4, 0.5) is 11.4 Å². The van der Waals surface area contributed by atoms with Crippen LogP contribution >= 0.6 is 27.3 Å². The highest BCUT2D eigenvalue weighted by molar-refractivity contribution is 9.10. The van der Waals surface area contributed by atoms with Crippen LogP contribution in [0.15, 0.2) is 53.0 Å². The van der Waals surface area contributed by atoms with E-state index in [2.05, 4.69) is 26.6 Å². The fourth-order valence-corrected chi connectivity index (χ4v) is 4.81. The van der Waals surface area contributed by atoms with Crippen LogP contribution in [0.1, 0.15) is 22.2 Å². The predicted octanol–water partition coefficient (Wildman–Crippen LogP) is 4.91. The maximum atomic E-state index is 11.6. The van der Waals surface area contributed by atoms with E-state index in [0.29, 0.717) is 21.6 Å². The molecule has 8 nitrogen and oxygen atoms in total. The van der Waals surface area contributed by atoms with Gasteiger partial charge in [-0.1, -0.05) is 24.3 Å². The molecule has 0 aliphatic rings. The highest BCUT2D eigenvalue weighted by Crippen LogP contribution is 2.46. The molecule has 3 aromatic rings. The van der Waals surface area contributed by atoms with Gasteiger partial charge in [-0.25, -0.2) is 9.59 Å². The van der Waals surface area contributed by atoms with Gasteiger partial charge < -0.3 is 25.6 Å². The third kappa shape index (κ3) is 5.86. The molecular formula is C22H19BrN2O6S. The Bertz CT molecular complexity index is 1180. The Labute approximate surface area is 196 Å². The lowest BCUT2D eigenvalue weighted by Gasteiger charge is -2.10. The van der Waals surface area contributed by atoms with Crippen LogP contribution in [0.25, 0.3) is 10.4 Å². The van der Waals surface area contributed by atoms with Gasteiger partial charge in [0.15, 0.2) is 17.2 Å². The number of anilines is 2. The predicted molar refractivity (Wildman–Crippen MR) is 126 cm³/mol. The number of halogens is 1. The summed E-state index contributed by atoms with van der Waals surface area (Å²) in [5, 5.41) is 24.4. The molecule has 1 aromatic heterocycles. The van der Waals surface area contributed by atoms with Gasteiger partial charge in [0.25, 0.3) is 0 Å². The lowest BCUT2D eigenvalue weighted by Crippen LogP contribution is -2.11. The van der Waals surface area contributed by atoms with E-state index in [1.165, 1.54) is 6.92 Å². The van der Waals surface area contributed by atoms with Crippen molar-refractivity contribution >= 4 is 56.5 Å². The van der Waals surface area contributed by atoms with Gasteiger partial charge in [-0.2, -0.15) is 0 Å². The number of amides is 1. The molecule has 32 heavy (non-hydrogen) atoms. The van der Waals surface area contributed by atoms with Crippen molar-refractivity contribution < 1.29 is 29.3 Å². The van der Waals surface area contributed by atoms with Gasteiger partial charge in [0.1, 0.15) is 0 Å². The summed E-state index contributed by atoms with van der Waals surface area (Å²) < 4.78 is 5.59. The largest absolute Gasteiger partial charge is 0.479 e. The molecule has 0 saturated carbocycles. The fourth-order valence-electron chi connectivity index (χ4n) is 2.92. The molecule has 0 radical (unpaired) electrons. The van der Waals surface area contributed by atoms with E-state index in [1.54, 1.807) is 0 Å². The van der Waals surface area contributed by atoms with Crippen LogP contribution in [0.3, 0.4) is 0 Å². The Hall–Kier alpha value is -3.37. The summed E-state index contributed by atoms with van der Waals surface area (Å²) in [6.07, 6.45) is 0. The molecule has 0 aliphatic carbocycles. The number of hydrogen-bond donors (Lipinski definition) is 4. The summed E-state index contributed by atoms with van der Waals surface area (Å²) in [6, 6.07) is 14.9. The van der Waals surface area contributed by atoms with Crippen molar-refractivity contribution in [3.8, 4) is 16.2 Å². The first-order valence-corrected chi connectivity index (χ1v) is 11.0. The molecule has 1 amide bonds. The number of carboxylic acid groups (broad SMARTS) is 2. The van der Waals surface area contributed by atoms with Gasteiger partial charge in [0, 0.05) is 24.8 Å². The first-order valence-electron chi connectivity index (χ1n) is 9.35. The van der Waals surface area contributed by atoms with Gasteiger partial charge in [-0.3, -0.25) is 4.79 Å². The van der Waals surface area contributed by atoms with Crippen LogP contribution in [-0.4, -0.2) is 34.7 Å². The van der Waals surface area contributed by atoms with Crippen molar-refractivity contribution in [3.63, 3.8) is 0 Å². The van der Waals surface area contributed by atoms with Gasteiger partial charge in [-0.15, -0.1) is 11.3 Å². The smallest absolute Gasteiger partial charge is 0.349 e. The summed E-state index contributed by atoms with van der Waals surface area (Å²) in [6.45, 7) is 1.32. The number of aliphatic carboxylic acids is 1. The summed E-state index contributed by atoms with van der Waals surface area (Å²) in [7, 11) is 0. The number of thiophene rings is 1. The SMILES string of the molecule is CC(=O)Nc1cccc(CNc2cccc(-c3sc(C(=O)O)c(OCC(=O)O)c3Br)c2)c1. The van der Waals surface area contributed by atoms with Crippen LogP contribution < -0.4 is 15.4 Å². The third-order valence-corrected chi connectivity index (χ3v) is 6.44. The second kappa shape index (κ2) is 10.3. The number of benzene rings is 2. The molecule has 0 fully saturated rings. The topological polar surface area (TPSA) is 125 Å². The van der Waals surface area contributed by atoms with Crippen molar-refractivity contribution in [2.45, 2.75) is 13.5 Å². The quantitative estimate of drug-likeness (QED) is 0.317. The standard InChI is InChI=1S/C22H19BrN2O6S/c1-12(26)25-16-7-2-4-13(8-16)10-24-15-6-3-5-14(9-15)20-18(23)19(31-11-17(27)28)21(32-20)22(29)30/h2-9,24H,10-11H2,1H3,(H,25,26)(H,27,28)(H,29,30). The molecule has 4 N–H and O–H groups in total. The van der Waals surface area contributed by atoms with Gasteiger partial charge >= 0.3 is 11.9 Å². The molecule has 10 heteroatoms. The van der Waals surface area contributed by atoms with E-state index in [0.717, 1.165) is 28.2 Å². The zero-order valence-electron chi connectivity index (χ0n) is 16.8. The van der Waals surface area contributed by atoms with Crippen LogP contribution in [-0.2, 0) is 16.1 Å². The van der Waals surface area contributed by atoms with Crippen LogP contribution in [0, 0.1) is 0 Å². The minimum absolute atomic E-state index is 0.00644. The zero-order chi connectivity index (χ0) is 23.3. The average Bonchev–Trinajstić information content (AvgIpc) is 3.07. The second-order valence-electron chi connectivity index (χ2n) is 6.71. The van der Waals surface area contributed by atoms with Crippen molar-refractivity contribution in [2.24, 2.45) is 0 Å². The Kier molecular flexibility index (Phi) is 7.49. The van der Waals surface area contributed by atoms with Crippen molar-refractivity contribution in [2.75, 3.05) is 17.2 Å². The Morgan fingerprint density at radius 1 is 1.06 bits per heavy atom. The van der Waals surface area contributed by atoms with E-state index in [4.69, 9.17) is 9.84 Å². The van der Waals surface area contributed by atoms with Crippen molar-refractivity contribution in [3.05, 3.63) is 63.4 Å². The molecular weight excluding hydrogens is 500 g/mol. The molecule has 0 atom stereocenters. The molecule has 0 unspecified atom stereocenters. The highest BCUT2D eigenvalue weighted by atomic mass is 79.9. The fraction of sp³-hybridized carbons (Fsp3) is 0.136. The number of carbonyl (C=O) groups excluding carboxylic acids is 1. The Morgan fingerprint density at radius 2 is 1.78 bits per heavy atom. The van der Waals surface area contributed by atoms with Gasteiger partial charge in [0.2, 0.25) is 5.91 Å². The number of hydrogen-bond acceptors (Lipinski definition) is 6. The van der Waals surface area contributed by atoms with E-state index in [-0.39, 0.29) is 16.5 Å². The highest BCUT2D eigenvalue weighted by Gasteiger charge is 2.24. The molecule has 0 bridgehead atoms. The lowest BCUT2D eigenvalue weighted by molar-refractivity contribution is -0.139. The number of carboxylic acids is 2. The second-order valence-corrected chi connectivity index (χ2v) is 8.52. The first-order chi connectivity index (χ1) is 15.2. The van der Waals surface area contributed by atoms with E-state index < -0.39 is 18.5 Å². The Morgan fingerprint density at radius 3 is 2.47 bits per heavy atom. The van der Waals surface area contributed by atoms with E-state index in [9.17, 15) is 19.5 Å². The first kappa shape index (κ1) is 23.3. The van der Waals surface area contributed by atoms with Gasteiger partial charge in [-0.05, 0) is 51.3 Å². The summed E-state index contributed by atoms with van der Waals surface area (Å²) in [5.74, 6) is -2.55. The lowest BCUT2D eigenvalue weighted by atomic mass is 10.1. The maximum absolute atomic E-state index is 11.6. The van der Waals surface area contributed by atoms with E-state index in [1.807, 2.05) is 48.5 Å². The zero-order valence-corrected chi connectivity index (χ0v) is 19.2. The molecule has 166 valence electrons. The monoisotopic (exact) mass is 518 g/mol. The third-order valence-electron chi connectivity index (χ3n) is 4.21. The Balaban J connectivity index is 1.82. The number of carbonyl (C=O) groups is 3. The number of aromatic carboxylic acids is 1. The molecule has 2 aromatic carbocycles. The maximum Gasteiger partial charge on any atom is 0.349 e. The normalized spacial score (nSPS) is 10.4. The summed E-state index contributed by atoms with van der Waals surface area (Å²) in [4.78, 5) is 34.2. The summed E-state index contributed by atoms with van der Waals surface area (Å²) >= 11 is 4.36. The number of ether oxygens (including phenoxy) is 1. The van der Waals surface area contributed by atoms with Crippen LogP contribution in [0.2, 0.25) is 0 Å². The minimum atomic E-state index is -1.20. The molecule has 0 saturated heterocycles. The molecule has 0 aliphatic heterocycles. The summed E-state index contributed by atoms with van der Waals surface area (Å²) in [5.41, 5.74) is 3.23. The minimum Gasteiger partial charge on any atom is -0.479 e. The van der Waals surface area contributed by atoms with E-state index >= 15 is 0 Å². The molecule has 3 rings (SSSR count). The van der Waals surface area contributed by atoms with Gasteiger partial charge in [0.05, 0.1) is 9.35 Å². The average molecular weight is 519 g/mol. The molecule has 1 heterocycles. The van der Waals surface area contributed by atoms with Crippen molar-refractivity contribution in [1.82, 2.24) is 0 Å². The molecule has 0 spiro atoms.